The Morgan fingerprint density at radius 1 is 1.00 bits per heavy atom. The monoisotopic (exact) mass is 550 g/mol. The molecule has 8 nitrogen and oxygen atoms in total. The van der Waals surface area contributed by atoms with Crippen LogP contribution in [-0.2, 0) is 16.6 Å². The van der Waals surface area contributed by atoms with Gasteiger partial charge in [-0.1, -0.05) is 36.4 Å². The Bertz CT molecular complexity index is 1460. The van der Waals surface area contributed by atoms with Crippen molar-refractivity contribution in [2.45, 2.75) is 36.7 Å². The zero-order chi connectivity index (χ0) is 26.5. The van der Waals surface area contributed by atoms with Gasteiger partial charge in [-0.2, -0.15) is 4.37 Å². The van der Waals surface area contributed by atoms with Gasteiger partial charge in [-0.3, -0.25) is 0 Å². The minimum Gasteiger partial charge on any atom is -0.497 e. The summed E-state index contributed by atoms with van der Waals surface area (Å²) < 4.78 is 44.4. The number of nitrogens with zero attached hydrogens (tertiary/aromatic N) is 4. The van der Waals surface area contributed by atoms with Gasteiger partial charge in [0.05, 0.1) is 31.7 Å². The second-order valence-electron chi connectivity index (χ2n) is 9.03. The van der Waals surface area contributed by atoms with Crippen LogP contribution in [0, 0.1) is 0 Å². The number of piperidine rings is 1. The number of sulfonamides is 1. The van der Waals surface area contributed by atoms with Crippen LogP contribution in [0.25, 0.3) is 0 Å². The first-order chi connectivity index (χ1) is 18.5. The van der Waals surface area contributed by atoms with Crippen LogP contribution in [-0.4, -0.2) is 38.5 Å². The summed E-state index contributed by atoms with van der Waals surface area (Å²) in [6, 6.07) is 23.1. The quantitative estimate of drug-likeness (QED) is 0.265. The number of ether oxygens (including phenoxy) is 2. The molecule has 38 heavy (non-hydrogen) atoms. The summed E-state index contributed by atoms with van der Waals surface area (Å²) in [4.78, 5) is 6.76. The molecule has 198 valence electrons. The largest absolute Gasteiger partial charge is 0.497 e. The molecule has 0 amide bonds. The summed E-state index contributed by atoms with van der Waals surface area (Å²) in [5.41, 5.74) is 2.81. The number of anilines is 2. The smallest absolute Gasteiger partial charge is 0.266 e. The number of methoxy groups -OCH3 is 2. The normalized spacial score (nSPS) is 15.7. The van der Waals surface area contributed by atoms with Crippen LogP contribution in [0.5, 0.6) is 11.5 Å². The number of hydrogen-bond donors (Lipinski definition) is 0. The van der Waals surface area contributed by atoms with Gasteiger partial charge >= 0.3 is 0 Å². The molecule has 1 aliphatic heterocycles. The summed E-state index contributed by atoms with van der Waals surface area (Å²) in [7, 11) is -0.856. The van der Waals surface area contributed by atoms with Crippen molar-refractivity contribution in [3.63, 3.8) is 0 Å². The summed E-state index contributed by atoms with van der Waals surface area (Å²) in [5, 5.41) is 0.286. The molecule has 0 radical (unpaired) electrons. The summed E-state index contributed by atoms with van der Waals surface area (Å²) in [5.74, 6) is 1.15. The van der Waals surface area contributed by atoms with Gasteiger partial charge in [0.1, 0.15) is 17.8 Å². The van der Waals surface area contributed by atoms with Crippen molar-refractivity contribution in [2.24, 2.45) is 0 Å². The van der Waals surface area contributed by atoms with E-state index in [2.05, 4.69) is 38.5 Å². The average molecular weight is 551 g/mol. The van der Waals surface area contributed by atoms with Crippen molar-refractivity contribution < 1.29 is 17.9 Å². The molecule has 3 aromatic carbocycles. The molecule has 0 bridgehead atoms. The van der Waals surface area contributed by atoms with E-state index in [9.17, 15) is 8.42 Å². The van der Waals surface area contributed by atoms with Gasteiger partial charge in [0.2, 0.25) is 5.13 Å². The topological polar surface area (TPSA) is 84.9 Å². The second kappa shape index (κ2) is 11.4. The highest BCUT2D eigenvalue weighted by molar-refractivity contribution is 7.93. The fourth-order valence-corrected chi connectivity index (χ4v) is 7.05. The first kappa shape index (κ1) is 26.0. The molecule has 1 aliphatic rings. The van der Waals surface area contributed by atoms with Gasteiger partial charge in [-0.25, -0.2) is 17.7 Å². The molecule has 1 aromatic heterocycles. The van der Waals surface area contributed by atoms with Crippen molar-refractivity contribution in [1.82, 2.24) is 9.36 Å². The lowest BCUT2D eigenvalue weighted by Gasteiger charge is -2.38. The third-order valence-electron chi connectivity index (χ3n) is 6.80. The minimum absolute atomic E-state index is 0.0330. The van der Waals surface area contributed by atoms with Gasteiger partial charge in [-0.15, -0.1) is 0 Å². The van der Waals surface area contributed by atoms with Crippen LogP contribution in [0.15, 0.2) is 84.0 Å². The number of hydrogen-bond acceptors (Lipinski definition) is 8. The molecule has 10 heteroatoms. The Balaban J connectivity index is 1.51. The van der Waals surface area contributed by atoms with E-state index in [0.717, 1.165) is 43.0 Å². The molecule has 0 N–H and O–H groups in total. The highest BCUT2D eigenvalue weighted by atomic mass is 32.2. The lowest BCUT2D eigenvalue weighted by Crippen LogP contribution is -2.34. The van der Waals surface area contributed by atoms with Crippen molar-refractivity contribution >= 4 is 32.4 Å². The Morgan fingerprint density at radius 2 is 1.84 bits per heavy atom. The summed E-state index contributed by atoms with van der Waals surface area (Å²) in [6.07, 6.45) is 4.59. The van der Waals surface area contributed by atoms with E-state index in [1.54, 1.807) is 44.6 Å². The maximum Gasteiger partial charge on any atom is 0.266 e. The van der Waals surface area contributed by atoms with Gasteiger partial charge in [0.25, 0.3) is 10.0 Å². The zero-order valence-electron chi connectivity index (χ0n) is 21.4. The van der Waals surface area contributed by atoms with Crippen molar-refractivity contribution in [1.29, 1.82) is 0 Å². The maximum absolute atomic E-state index is 14.1. The molecule has 5 rings (SSSR count). The van der Waals surface area contributed by atoms with Crippen molar-refractivity contribution in [3.05, 3.63) is 90.3 Å². The standard InChI is InChI=1S/C28H30N4O4S2/c1-35-24-15-14-22(27(18-24)36-2)19-32(28-29-20-30-37-28)38(33,34)25-12-8-11-23(17-25)31-16-7-6-13-26(31)21-9-4-3-5-10-21/h3-5,8-12,14-15,17-18,20,26H,6-7,13,16,19H2,1-2H3/t26-/m1/s1. The molecular formula is C28H30N4O4S2. The minimum atomic E-state index is -3.98. The number of aromatic nitrogens is 2. The lowest BCUT2D eigenvalue weighted by molar-refractivity contribution is 0.391. The Kier molecular flexibility index (Phi) is 7.80. The van der Waals surface area contributed by atoms with E-state index in [-0.39, 0.29) is 22.6 Å². The van der Waals surface area contributed by atoms with E-state index >= 15 is 0 Å². The molecule has 4 aromatic rings. The summed E-state index contributed by atoms with van der Waals surface area (Å²) >= 11 is 1.03. The molecular weight excluding hydrogens is 520 g/mol. The average Bonchev–Trinajstić information content (AvgIpc) is 3.51. The van der Waals surface area contributed by atoms with E-state index in [1.807, 2.05) is 18.2 Å². The molecule has 0 unspecified atom stereocenters. The number of rotatable bonds is 9. The highest BCUT2D eigenvalue weighted by Gasteiger charge is 2.30. The number of benzene rings is 3. The van der Waals surface area contributed by atoms with E-state index in [0.29, 0.717) is 17.1 Å². The highest BCUT2D eigenvalue weighted by Crippen LogP contribution is 2.37. The van der Waals surface area contributed by atoms with Crippen molar-refractivity contribution in [2.75, 3.05) is 30.0 Å². The van der Waals surface area contributed by atoms with Crippen molar-refractivity contribution in [3.8, 4) is 11.5 Å². The molecule has 1 fully saturated rings. The fourth-order valence-electron chi connectivity index (χ4n) is 4.88. The van der Waals surface area contributed by atoms with Gasteiger partial charge in [0.15, 0.2) is 0 Å². The van der Waals surface area contributed by atoms with Crippen LogP contribution in [0.2, 0.25) is 0 Å². The molecule has 2 heterocycles. The van der Waals surface area contributed by atoms with Crippen LogP contribution >= 0.6 is 11.5 Å². The predicted octanol–water partition coefficient (Wildman–Crippen LogP) is 5.68. The van der Waals surface area contributed by atoms with Crippen LogP contribution in [0.3, 0.4) is 0 Å². The SMILES string of the molecule is COc1ccc(CN(c2ncns2)S(=O)(=O)c2cccc(N3CCCC[C@@H]3c3ccccc3)c2)c(OC)c1. The molecule has 0 aliphatic carbocycles. The van der Waals surface area contributed by atoms with Crippen LogP contribution in [0.1, 0.15) is 36.4 Å². The third kappa shape index (κ3) is 5.32. The lowest BCUT2D eigenvalue weighted by atomic mass is 9.94. The van der Waals surface area contributed by atoms with E-state index < -0.39 is 10.0 Å². The first-order valence-electron chi connectivity index (χ1n) is 12.4. The second-order valence-corrected chi connectivity index (χ2v) is 11.6. The predicted molar refractivity (Wildman–Crippen MR) is 150 cm³/mol. The van der Waals surface area contributed by atoms with Gasteiger partial charge in [0, 0.05) is 35.4 Å². The summed E-state index contributed by atoms with van der Waals surface area (Å²) in [6.45, 7) is 0.900. The first-order valence-corrected chi connectivity index (χ1v) is 14.6. The van der Waals surface area contributed by atoms with Crippen LogP contribution in [0.4, 0.5) is 10.8 Å². The molecule has 0 saturated carbocycles. The molecule has 0 spiro atoms. The van der Waals surface area contributed by atoms with Gasteiger partial charge in [-0.05, 0) is 55.2 Å². The van der Waals surface area contributed by atoms with Gasteiger partial charge < -0.3 is 14.4 Å². The Hall–Kier alpha value is -3.63. The Morgan fingerprint density at radius 3 is 2.58 bits per heavy atom. The van der Waals surface area contributed by atoms with Crippen LogP contribution < -0.4 is 18.7 Å². The molecule has 1 atom stereocenters. The maximum atomic E-state index is 14.1. The zero-order valence-corrected chi connectivity index (χ0v) is 23.0. The third-order valence-corrected chi connectivity index (χ3v) is 9.33. The Labute approximate surface area is 227 Å². The fraction of sp³-hybridized carbons (Fsp3) is 0.286. The van der Waals surface area contributed by atoms with E-state index in [4.69, 9.17) is 9.47 Å². The van der Waals surface area contributed by atoms with E-state index in [1.165, 1.54) is 16.2 Å². The molecule has 1 saturated heterocycles.